The van der Waals surface area contributed by atoms with Crippen LogP contribution in [0.4, 0.5) is 15.8 Å². The molecule has 0 aromatic heterocycles. The Bertz CT molecular complexity index is 1070. The minimum Gasteiger partial charge on any atom is -0.322 e. The minimum absolute atomic E-state index is 0.136. The van der Waals surface area contributed by atoms with Crippen LogP contribution in [0.2, 0.25) is 0 Å². The fraction of sp³-hybridized carbons (Fsp3) is 0.130. The highest BCUT2D eigenvalue weighted by molar-refractivity contribution is 8.00. The number of hydrogen-bond acceptors (Lipinski definition) is 3. The third kappa shape index (κ3) is 4.03. The van der Waals surface area contributed by atoms with Gasteiger partial charge in [0.25, 0.3) is 5.91 Å². The van der Waals surface area contributed by atoms with Gasteiger partial charge in [-0.05, 0) is 54.4 Å². The van der Waals surface area contributed by atoms with E-state index in [4.69, 9.17) is 0 Å². The van der Waals surface area contributed by atoms with Gasteiger partial charge in [-0.1, -0.05) is 36.4 Å². The summed E-state index contributed by atoms with van der Waals surface area (Å²) in [5, 5.41) is 2.53. The molecule has 1 atom stereocenters. The Hall–Kier alpha value is -3.12. The predicted octanol–water partition coefficient (Wildman–Crippen LogP) is 5.17. The first-order chi connectivity index (χ1) is 14.0. The first kappa shape index (κ1) is 19.2. The number of thioether (sulfide) groups is 1. The maximum absolute atomic E-state index is 14.5. The van der Waals surface area contributed by atoms with Crippen LogP contribution in [0.25, 0.3) is 0 Å². The summed E-state index contributed by atoms with van der Waals surface area (Å²) in [6, 6.07) is 21.0. The fourth-order valence-electron chi connectivity index (χ4n) is 3.30. The molecule has 1 fully saturated rings. The molecule has 1 aliphatic heterocycles. The second kappa shape index (κ2) is 8.09. The lowest BCUT2D eigenvalue weighted by atomic mass is 10.1. The highest BCUT2D eigenvalue weighted by atomic mass is 32.2. The highest BCUT2D eigenvalue weighted by Gasteiger charge is 2.35. The van der Waals surface area contributed by atoms with Gasteiger partial charge in [-0.2, -0.15) is 0 Å². The van der Waals surface area contributed by atoms with Crippen molar-refractivity contribution in [2.45, 2.75) is 12.3 Å². The fourth-order valence-corrected chi connectivity index (χ4v) is 4.46. The zero-order valence-corrected chi connectivity index (χ0v) is 16.6. The Morgan fingerprint density at radius 3 is 2.66 bits per heavy atom. The van der Waals surface area contributed by atoms with Crippen molar-refractivity contribution in [1.82, 2.24) is 0 Å². The molecule has 1 saturated heterocycles. The van der Waals surface area contributed by atoms with Crippen molar-refractivity contribution in [3.63, 3.8) is 0 Å². The summed E-state index contributed by atoms with van der Waals surface area (Å²) in [6.45, 7) is 1.87. The molecule has 3 aromatic carbocycles. The summed E-state index contributed by atoms with van der Waals surface area (Å²) >= 11 is 1.44. The second-order valence-electron chi connectivity index (χ2n) is 6.83. The number of nitrogens with zero attached hydrogens (tertiary/aromatic N) is 1. The maximum atomic E-state index is 14.5. The van der Waals surface area contributed by atoms with Crippen LogP contribution < -0.4 is 10.2 Å². The molecule has 146 valence electrons. The third-order valence-electron chi connectivity index (χ3n) is 4.69. The molecule has 1 heterocycles. The van der Waals surface area contributed by atoms with Crippen molar-refractivity contribution in [1.29, 1.82) is 0 Å². The SMILES string of the molecule is Cc1ccc(F)c(N2C(=O)CS[C@@H]2c2cccc(NC(=O)c3ccccc3)c2)c1. The number of rotatable bonds is 4. The van der Waals surface area contributed by atoms with Gasteiger partial charge in [0.1, 0.15) is 11.2 Å². The molecule has 1 N–H and O–H groups in total. The summed E-state index contributed by atoms with van der Waals surface area (Å²) in [5.41, 5.74) is 3.18. The average molecular weight is 406 g/mol. The number of benzene rings is 3. The Morgan fingerprint density at radius 1 is 1.07 bits per heavy atom. The van der Waals surface area contributed by atoms with Crippen molar-refractivity contribution in [3.8, 4) is 0 Å². The summed E-state index contributed by atoms with van der Waals surface area (Å²) < 4.78 is 14.5. The number of halogens is 1. The van der Waals surface area contributed by atoms with Crippen LogP contribution in [-0.2, 0) is 4.79 Å². The van der Waals surface area contributed by atoms with Gasteiger partial charge in [-0.25, -0.2) is 4.39 Å². The second-order valence-corrected chi connectivity index (χ2v) is 7.90. The Kier molecular flexibility index (Phi) is 5.36. The molecule has 1 aliphatic rings. The van der Waals surface area contributed by atoms with Gasteiger partial charge >= 0.3 is 0 Å². The molecule has 0 radical (unpaired) electrons. The van der Waals surface area contributed by atoms with Crippen LogP contribution in [-0.4, -0.2) is 17.6 Å². The number of carbonyl (C=O) groups is 2. The number of amides is 2. The van der Waals surface area contributed by atoms with E-state index in [9.17, 15) is 14.0 Å². The number of aryl methyl sites for hydroxylation is 1. The normalized spacial score (nSPS) is 16.1. The van der Waals surface area contributed by atoms with E-state index in [-0.39, 0.29) is 28.6 Å². The van der Waals surface area contributed by atoms with Crippen LogP contribution in [0, 0.1) is 12.7 Å². The molecule has 0 spiro atoms. The number of anilines is 2. The van der Waals surface area contributed by atoms with E-state index in [1.807, 2.05) is 31.2 Å². The van der Waals surface area contributed by atoms with Crippen LogP contribution >= 0.6 is 11.8 Å². The van der Waals surface area contributed by atoms with E-state index in [0.717, 1.165) is 11.1 Å². The van der Waals surface area contributed by atoms with Crippen LogP contribution in [0.15, 0.2) is 72.8 Å². The predicted molar refractivity (Wildman–Crippen MR) is 115 cm³/mol. The minimum atomic E-state index is -0.426. The van der Waals surface area contributed by atoms with E-state index < -0.39 is 5.82 Å². The maximum Gasteiger partial charge on any atom is 0.255 e. The number of hydrogen-bond donors (Lipinski definition) is 1. The molecule has 0 aliphatic carbocycles. The molecule has 2 amide bonds. The lowest BCUT2D eigenvalue weighted by molar-refractivity contribution is -0.115. The molecule has 0 bridgehead atoms. The molecule has 0 saturated carbocycles. The Labute approximate surface area is 172 Å². The van der Waals surface area contributed by atoms with Crippen LogP contribution in [0.5, 0.6) is 0 Å². The van der Waals surface area contributed by atoms with E-state index in [1.54, 1.807) is 42.5 Å². The Morgan fingerprint density at radius 2 is 1.86 bits per heavy atom. The summed E-state index contributed by atoms with van der Waals surface area (Å²) in [4.78, 5) is 26.5. The molecule has 29 heavy (non-hydrogen) atoms. The molecule has 4 nitrogen and oxygen atoms in total. The smallest absolute Gasteiger partial charge is 0.255 e. The molecule has 3 aromatic rings. The molecular formula is C23H19FN2O2S. The first-order valence-electron chi connectivity index (χ1n) is 9.19. The monoisotopic (exact) mass is 406 g/mol. The summed E-state index contributed by atoms with van der Waals surface area (Å²) in [5.74, 6) is -0.494. The van der Waals surface area contributed by atoms with Crippen molar-refractivity contribution in [3.05, 3.63) is 95.3 Å². The van der Waals surface area contributed by atoms with Gasteiger partial charge in [-0.15, -0.1) is 11.8 Å². The number of nitrogens with one attached hydrogen (secondary N) is 1. The third-order valence-corrected chi connectivity index (χ3v) is 5.91. The van der Waals surface area contributed by atoms with Crippen LogP contribution in [0.3, 0.4) is 0 Å². The quantitative estimate of drug-likeness (QED) is 0.651. The lowest BCUT2D eigenvalue weighted by Crippen LogP contribution is -2.28. The van der Waals surface area contributed by atoms with Gasteiger partial charge in [0, 0.05) is 11.3 Å². The summed E-state index contributed by atoms with van der Waals surface area (Å²) in [7, 11) is 0. The topological polar surface area (TPSA) is 49.4 Å². The number of carbonyl (C=O) groups excluding carboxylic acids is 2. The Balaban J connectivity index is 1.62. The van der Waals surface area contributed by atoms with Gasteiger partial charge in [0.05, 0.1) is 11.4 Å². The van der Waals surface area contributed by atoms with Gasteiger partial charge in [0.2, 0.25) is 5.91 Å². The molecule has 4 rings (SSSR count). The van der Waals surface area contributed by atoms with E-state index in [2.05, 4.69) is 5.32 Å². The lowest BCUT2D eigenvalue weighted by Gasteiger charge is -2.25. The molecule has 6 heteroatoms. The van der Waals surface area contributed by atoms with Crippen molar-refractivity contribution < 1.29 is 14.0 Å². The standard InChI is InChI=1S/C23H19FN2O2S/c1-15-10-11-19(24)20(12-15)26-21(27)14-29-23(26)17-8-5-9-18(13-17)25-22(28)16-6-3-2-4-7-16/h2-13,23H,14H2,1H3,(H,25,28)/t23-/m1/s1. The van der Waals surface area contributed by atoms with Gasteiger partial charge in [-0.3, -0.25) is 14.5 Å². The summed E-state index contributed by atoms with van der Waals surface area (Å²) in [6.07, 6.45) is 0. The van der Waals surface area contributed by atoms with E-state index in [1.165, 1.54) is 22.7 Å². The molecular weight excluding hydrogens is 387 g/mol. The van der Waals surface area contributed by atoms with Crippen LogP contribution in [0.1, 0.15) is 26.9 Å². The van der Waals surface area contributed by atoms with Crippen molar-refractivity contribution >= 4 is 35.0 Å². The van der Waals surface area contributed by atoms with Gasteiger partial charge in [0.15, 0.2) is 0 Å². The largest absolute Gasteiger partial charge is 0.322 e. The zero-order chi connectivity index (χ0) is 20.4. The van der Waals surface area contributed by atoms with E-state index >= 15 is 0 Å². The highest BCUT2D eigenvalue weighted by Crippen LogP contribution is 2.43. The molecule has 0 unspecified atom stereocenters. The van der Waals surface area contributed by atoms with Crippen molar-refractivity contribution in [2.75, 3.05) is 16.0 Å². The van der Waals surface area contributed by atoms with Gasteiger partial charge < -0.3 is 5.32 Å². The first-order valence-corrected chi connectivity index (χ1v) is 10.2. The average Bonchev–Trinajstić information content (AvgIpc) is 3.12. The zero-order valence-electron chi connectivity index (χ0n) is 15.8. The van der Waals surface area contributed by atoms with Crippen molar-refractivity contribution in [2.24, 2.45) is 0 Å². The van der Waals surface area contributed by atoms with E-state index in [0.29, 0.717) is 11.3 Å².